The van der Waals surface area contributed by atoms with E-state index in [1.165, 1.54) is 44.6 Å². The Balaban J connectivity index is 1.74. The zero-order valence-corrected chi connectivity index (χ0v) is 11.7. The van der Waals surface area contributed by atoms with Gasteiger partial charge in [-0.05, 0) is 49.7 Å². The normalized spacial score (nSPS) is 30.7. The molecule has 0 unspecified atom stereocenters. The van der Waals surface area contributed by atoms with E-state index >= 15 is 0 Å². The van der Waals surface area contributed by atoms with E-state index in [1.54, 1.807) is 4.88 Å². The quantitative estimate of drug-likeness (QED) is 0.796. The zero-order valence-electron chi connectivity index (χ0n) is 10.9. The fourth-order valence-electron chi connectivity index (χ4n) is 3.36. The maximum absolute atomic E-state index is 2.73. The van der Waals surface area contributed by atoms with Crippen LogP contribution < -0.4 is 0 Å². The van der Waals surface area contributed by atoms with Gasteiger partial charge in [0.2, 0.25) is 0 Å². The molecule has 0 N–H and O–H groups in total. The minimum Gasteiger partial charge on any atom is -0.304 e. The van der Waals surface area contributed by atoms with E-state index in [1.807, 2.05) is 11.3 Å². The number of nitrogens with zero attached hydrogens (tertiary/aromatic N) is 2. The van der Waals surface area contributed by atoms with Crippen LogP contribution in [0.25, 0.3) is 0 Å². The standard InChI is InChI=1S/C14H22N2S/c1-11-5-6-17-14(11)10-16-8-12-3-4-13(16)9-15(2)7-12/h5-6,12-13H,3-4,7-10H2,1-2H3/t12-,13+/m0/s1. The van der Waals surface area contributed by atoms with Crippen LogP contribution in [0.15, 0.2) is 11.4 Å². The number of thiophene rings is 1. The Bertz CT molecular complexity index is 387. The summed E-state index contributed by atoms with van der Waals surface area (Å²) in [5.41, 5.74) is 1.48. The minimum atomic E-state index is 0.792. The van der Waals surface area contributed by atoms with E-state index in [9.17, 15) is 0 Å². The van der Waals surface area contributed by atoms with Crippen LogP contribution in [0.3, 0.4) is 0 Å². The largest absolute Gasteiger partial charge is 0.304 e. The summed E-state index contributed by atoms with van der Waals surface area (Å²) >= 11 is 1.92. The number of piperidine rings is 1. The monoisotopic (exact) mass is 250 g/mol. The van der Waals surface area contributed by atoms with Gasteiger partial charge in [0.1, 0.15) is 0 Å². The Labute approximate surface area is 108 Å². The van der Waals surface area contributed by atoms with Crippen LogP contribution in [0.2, 0.25) is 0 Å². The van der Waals surface area contributed by atoms with E-state index in [0.29, 0.717) is 0 Å². The van der Waals surface area contributed by atoms with Crippen LogP contribution in [-0.2, 0) is 6.54 Å². The second-order valence-corrected chi connectivity index (χ2v) is 6.78. The highest BCUT2D eigenvalue weighted by atomic mass is 32.1. The molecular formula is C14H22N2S. The third kappa shape index (κ3) is 2.42. The molecule has 2 nitrogen and oxygen atoms in total. The summed E-state index contributed by atoms with van der Waals surface area (Å²) < 4.78 is 0. The number of aryl methyl sites for hydroxylation is 1. The van der Waals surface area contributed by atoms with Crippen molar-refractivity contribution in [3.63, 3.8) is 0 Å². The smallest absolute Gasteiger partial charge is 0.0334 e. The van der Waals surface area contributed by atoms with Crippen molar-refractivity contribution in [2.75, 3.05) is 26.7 Å². The van der Waals surface area contributed by atoms with Gasteiger partial charge >= 0.3 is 0 Å². The molecule has 94 valence electrons. The highest BCUT2D eigenvalue weighted by Gasteiger charge is 2.33. The van der Waals surface area contributed by atoms with Gasteiger partial charge < -0.3 is 4.90 Å². The van der Waals surface area contributed by atoms with Gasteiger partial charge in [-0.15, -0.1) is 11.3 Å². The minimum absolute atomic E-state index is 0.792. The summed E-state index contributed by atoms with van der Waals surface area (Å²) in [6.07, 6.45) is 2.84. The molecule has 0 aliphatic carbocycles. The first-order valence-corrected chi connectivity index (χ1v) is 7.56. The summed E-state index contributed by atoms with van der Waals surface area (Å²) in [6.45, 7) is 7.30. The maximum Gasteiger partial charge on any atom is 0.0334 e. The predicted octanol–water partition coefficient (Wildman–Crippen LogP) is 2.58. The lowest BCUT2D eigenvalue weighted by molar-refractivity contribution is 0.125. The predicted molar refractivity (Wildman–Crippen MR) is 73.5 cm³/mol. The van der Waals surface area contributed by atoms with Crippen molar-refractivity contribution in [2.45, 2.75) is 32.4 Å². The first kappa shape index (κ1) is 11.7. The maximum atomic E-state index is 2.73. The van der Waals surface area contributed by atoms with E-state index in [2.05, 4.69) is 35.2 Å². The molecule has 3 heteroatoms. The molecule has 0 radical (unpaired) electrons. The molecule has 3 aliphatic rings. The van der Waals surface area contributed by atoms with Gasteiger partial charge in [-0.25, -0.2) is 0 Å². The van der Waals surface area contributed by atoms with E-state index in [4.69, 9.17) is 0 Å². The molecule has 0 aromatic carbocycles. The van der Waals surface area contributed by atoms with Crippen LogP contribution in [0.5, 0.6) is 0 Å². The van der Waals surface area contributed by atoms with E-state index in [-0.39, 0.29) is 0 Å². The molecule has 2 bridgehead atoms. The van der Waals surface area contributed by atoms with Gasteiger partial charge in [-0.2, -0.15) is 0 Å². The SMILES string of the molecule is Cc1ccsc1CN1C[C@H]2CC[C@@H]1CN(C)C2. The fourth-order valence-corrected chi connectivity index (χ4v) is 4.29. The van der Waals surface area contributed by atoms with Crippen molar-refractivity contribution in [2.24, 2.45) is 5.92 Å². The Morgan fingerprint density at radius 2 is 2.18 bits per heavy atom. The molecule has 2 atom stereocenters. The molecule has 17 heavy (non-hydrogen) atoms. The summed E-state index contributed by atoms with van der Waals surface area (Å²) in [6, 6.07) is 3.04. The third-order valence-electron chi connectivity index (χ3n) is 4.32. The van der Waals surface area contributed by atoms with Crippen molar-refractivity contribution in [1.82, 2.24) is 9.80 Å². The van der Waals surface area contributed by atoms with Crippen LogP contribution in [0, 0.1) is 12.8 Å². The van der Waals surface area contributed by atoms with Gasteiger partial charge in [0.15, 0.2) is 0 Å². The third-order valence-corrected chi connectivity index (χ3v) is 5.33. The highest BCUT2D eigenvalue weighted by Crippen LogP contribution is 2.30. The van der Waals surface area contributed by atoms with E-state index < -0.39 is 0 Å². The summed E-state index contributed by atoms with van der Waals surface area (Å²) in [5.74, 6) is 0.902. The number of likely N-dealkylation sites (N-methyl/N-ethyl adjacent to an activating group) is 1. The van der Waals surface area contributed by atoms with Crippen molar-refractivity contribution in [1.29, 1.82) is 0 Å². The van der Waals surface area contributed by atoms with Crippen LogP contribution in [0.1, 0.15) is 23.3 Å². The van der Waals surface area contributed by atoms with Gasteiger partial charge in [-0.3, -0.25) is 4.90 Å². The van der Waals surface area contributed by atoms with Crippen LogP contribution in [0.4, 0.5) is 0 Å². The lowest BCUT2D eigenvalue weighted by Gasteiger charge is -2.36. The molecule has 4 rings (SSSR count). The molecule has 3 fully saturated rings. The molecule has 0 saturated carbocycles. The second kappa shape index (κ2) is 4.71. The van der Waals surface area contributed by atoms with Crippen molar-refractivity contribution < 1.29 is 0 Å². The average Bonchev–Trinajstić information content (AvgIpc) is 2.53. The lowest BCUT2D eigenvalue weighted by Crippen LogP contribution is -2.43. The molecule has 1 aromatic heterocycles. The molecule has 3 aliphatic heterocycles. The molecule has 3 saturated heterocycles. The lowest BCUT2D eigenvalue weighted by atomic mass is 9.95. The molecular weight excluding hydrogens is 228 g/mol. The number of hydrogen-bond donors (Lipinski definition) is 0. The molecule has 0 spiro atoms. The fraction of sp³-hybridized carbons (Fsp3) is 0.714. The zero-order chi connectivity index (χ0) is 11.8. The summed E-state index contributed by atoms with van der Waals surface area (Å²) in [4.78, 5) is 6.83. The number of rotatable bonds is 2. The van der Waals surface area contributed by atoms with Crippen molar-refractivity contribution in [3.8, 4) is 0 Å². The Hall–Kier alpha value is -0.380. The summed E-state index contributed by atoms with van der Waals surface area (Å²) in [5, 5.41) is 2.23. The highest BCUT2D eigenvalue weighted by molar-refractivity contribution is 7.10. The van der Waals surface area contributed by atoms with Crippen molar-refractivity contribution >= 4 is 11.3 Å². The van der Waals surface area contributed by atoms with Gasteiger partial charge in [0, 0.05) is 37.1 Å². The Kier molecular flexibility index (Phi) is 3.24. The second-order valence-electron chi connectivity index (χ2n) is 5.77. The average molecular weight is 250 g/mol. The molecule has 1 aromatic rings. The van der Waals surface area contributed by atoms with Crippen LogP contribution in [-0.4, -0.2) is 42.5 Å². The topological polar surface area (TPSA) is 6.48 Å². The van der Waals surface area contributed by atoms with Gasteiger partial charge in [0.25, 0.3) is 0 Å². The van der Waals surface area contributed by atoms with E-state index in [0.717, 1.165) is 12.0 Å². The summed E-state index contributed by atoms with van der Waals surface area (Å²) in [7, 11) is 2.28. The first-order chi connectivity index (χ1) is 8.22. The van der Waals surface area contributed by atoms with Crippen LogP contribution >= 0.6 is 11.3 Å². The Morgan fingerprint density at radius 1 is 1.29 bits per heavy atom. The van der Waals surface area contributed by atoms with Gasteiger partial charge in [-0.1, -0.05) is 0 Å². The van der Waals surface area contributed by atoms with Crippen molar-refractivity contribution in [3.05, 3.63) is 21.9 Å². The Morgan fingerprint density at radius 3 is 2.94 bits per heavy atom. The number of fused-ring (bicyclic) bond motifs is 4. The number of hydrogen-bond acceptors (Lipinski definition) is 3. The molecule has 4 heterocycles. The first-order valence-electron chi connectivity index (χ1n) is 6.68. The van der Waals surface area contributed by atoms with Gasteiger partial charge in [0.05, 0.1) is 0 Å². The molecule has 0 amide bonds.